The van der Waals surface area contributed by atoms with E-state index in [1.165, 1.54) is 0 Å². The highest BCUT2D eigenvalue weighted by molar-refractivity contribution is 5.79. The summed E-state index contributed by atoms with van der Waals surface area (Å²) < 4.78 is 5.16. The van der Waals surface area contributed by atoms with Gasteiger partial charge in [0.25, 0.3) is 0 Å². The van der Waals surface area contributed by atoms with Gasteiger partial charge in [0.2, 0.25) is 5.91 Å². The Labute approximate surface area is 85.2 Å². The second kappa shape index (κ2) is 4.28. The summed E-state index contributed by atoms with van der Waals surface area (Å²) in [4.78, 5) is 11.7. The molecular weight excluding hydrogens is 180 g/mol. The fourth-order valence-corrected chi connectivity index (χ4v) is 1.27. The topological polar surface area (TPSA) is 64.3 Å². The van der Waals surface area contributed by atoms with Crippen LogP contribution < -0.4 is 11.1 Å². The van der Waals surface area contributed by atoms with E-state index in [1.807, 2.05) is 20.8 Å². The number of rotatable bonds is 3. The van der Waals surface area contributed by atoms with Gasteiger partial charge in [-0.05, 0) is 27.2 Å². The first kappa shape index (κ1) is 11.5. The molecule has 0 bridgehead atoms. The van der Waals surface area contributed by atoms with Crippen molar-refractivity contribution in [1.82, 2.24) is 5.32 Å². The zero-order valence-electron chi connectivity index (χ0n) is 9.17. The minimum Gasteiger partial charge on any atom is -0.381 e. The molecule has 14 heavy (non-hydrogen) atoms. The zero-order valence-corrected chi connectivity index (χ0v) is 9.17. The van der Waals surface area contributed by atoms with Crippen molar-refractivity contribution in [2.75, 3.05) is 13.2 Å². The van der Waals surface area contributed by atoms with Crippen LogP contribution in [0.15, 0.2) is 0 Å². The van der Waals surface area contributed by atoms with Crippen LogP contribution in [0.25, 0.3) is 0 Å². The molecule has 0 spiro atoms. The Hall–Kier alpha value is -0.610. The number of carbonyl (C=O) groups excluding carboxylic acids is 1. The summed E-state index contributed by atoms with van der Waals surface area (Å²) in [6.45, 7) is 7.00. The van der Waals surface area contributed by atoms with Gasteiger partial charge in [-0.1, -0.05) is 0 Å². The Kier molecular flexibility index (Phi) is 3.50. The molecule has 4 nitrogen and oxygen atoms in total. The Morgan fingerprint density at radius 1 is 1.64 bits per heavy atom. The largest absolute Gasteiger partial charge is 0.381 e. The van der Waals surface area contributed by atoms with E-state index >= 15 is 0 Å². The summed E-state index contributed by atoms with van der Waals surface area (Å²) in [5.41, 5.74) is 5.42. The van der Waals surface area contributed by atoms with Crippen molar-refractivity contribution in [3.05, 3.63) is 0 Å². The molecule has 4 heteroatoms. The third-order valence-electron chi connectivity index (χ3n) is 2.88. The highest BCUT2D eigenvalue weighted by atomic mass is 16.5. The number of amides is 1. The third-order valence-corrected chi connectivity index (χ3v) is 2.88. The zero-order chi connectivity index (χ0) is 10.8. The van der Waals surface area contributed by atoms with Gasteiger partial charge in [-0.3, -0.25) is 4.79 Å². The highest BCUT2D eigenvalue weighted by Gasteiger charge is 2.30. The van der Waals surface area contributed by atoms with Gasteiger partial charge in [0.15, 0.2) is 0 Å². The molecule has 0 saturated carbocycles. The van der Waals surface area contributed by atoms with Gasteiger partial charge in [0.1, 0.15) is 0 Å². The molecule has 0 aromatic carbocycles. The van der Waals surface area contributed by atoms with Gasteiger partial charge in [-0.2, -0.15) is 0 Å². The average molecular weight is 200 g/mol. The lowest BCUT2D eigenvalue weighted by Gasteiger charge is -2.31. The first-order valence-corrected chi connectivity index (χ1v) is 5.09. The lowest BCUT2D eigenvalue weighted by Crippen LogP contribution is -2.55. The fourth-order valence-electron chi connectivity index (χ4n) is 1.27. The summed E-state index contributed by atoms with van der Waals surface area (Å²) in [5.74, 6) is 0.0674. The van der Waals surface area contributed by atoms with Gasteiger partial charge < -0.3 is 15.8 Å². The quantitative estimate of drug-likeness (QED) is 0.687. The van der Waals surface area contributed by atoms with Crippen LogP contribution in [0.1, 0.15) is 27.2 Å². The van der Waals surface area contributed by atoms with E-state index in [9.17, 15) is 4.79 Å². The third kappa shape index (κ3) is 2.69. The maximum atomic E-state index is 11.7. The molecule has 2 atom stereocenters. The van der Waals surface area contributed by atoms with Crippen molar-refractivity contribution in [3.63, 3.8) is 0 Å². The molecule has 1 aliphatic heterocycles. The summed E-state index contributed by atoms with van der Waals surface area (Å²) in [7, 11) is 0. The maximum Gasteiger partial charge on any atom is 0.225 e. The van der Waals surface area contributed by atoms with E-state index in [-0.39, 0.29) is 23.4 Å². The van der Waals surface area contributed by atoms with Crippen molar-refractivity contribution < 1.29 is 9.53 Å². The predicted molar refractivity (Wildman–Crippen MR) is 54.8 cm³/mol. The Morgan fingerprint density at radius 2 is 2.29 bits per heavy atom. The highest BCUT2D eigenvalue weighted by Crippen LogP contribution is 2.15. The van der Waals surface area contributed by atoms with E-state index in [0.29, 0.717) is 13.2 Å². The Bertz CT molecular complexity index is 208. The monoisotopic (exact) mass is 200 g/mol. The van der Waals surface area contributed by atoms with Gasteiger partial charge in [0.05, 0.1) is 12.5 Å². The smallest absolute Gasteiger partial charge is 0.225 e. The van der Waals surface area contributed by atoms with Crippen molar-refractivity contribution in [2.45, 2.75) is 38.8 Å². The molecule has 1 amide bonds. The number of hydrogen-bond acceptors (Lipinski definition) is 3. The Morgan fingerprint density at radius 3 is 2.71 bits per heavy atom. The maximum absolute atomic E-state index is 11.7. The van der Waals surface area contributed by atoms with Gasteiger partial charge in [0, 0.05) is 18.2 Å². The summed E-state index contributed by atoms with van der Waals surface area (Å²) in [5, 5.41) is 2.95. The molecule has 0 aromatic heterocycles. The summed E-state index contributed by atoms with van der Waals surface area (Å²) >= 11 is 0. The first-order chi connectivity index (χ1) is 6.43. The first-order valence-electron chi connectivity index (χ1n) is 5.09. The summed E-state index contributed by atoms with van der Waals surface area (Å²) in [6, 6.07) is -0.0613. The van der Waals surface area contributed by atoms with E-state index in [0.717, 1.165) is 6.42 Å². The number of nitrogens with one attached hydrogen (secondary N) is 1. The van der Waals surface area contributed by atoms with Gasteiger partial charge in [-0.25, -0.2) is 0 Å². The number of hydrogen-bond donors (Lipinski definition) is 2. The molecule has 0 radical (unpaired) electrons. The molecule has 1 rings (SSSR count). The van der Waals surface area contributed by atoms with Crippen molar-refractivity contribution >= 4 is 5.91 Å². The molecule has 3 N–H and O–H groups in total. The molecule has 0 aliphatic carbocycles. The SMILES string of the molecule is CC(N)C(C)(C)NC(=O)C1CCOC1. The lowest BCUT2D eigenvalue weighted by molar-refractivity contribution is -0.126. The second-order valence-electron chi connectivity index (χ2n) is 4.56. The normalized spacial score (nSPS) is 24.7. The fraction of sp³-hybridized carbons (Fsp3) is 0.900. The van der Waals surface area contributed by atoms with Crippen molar-refractivity contribution in [1.29, 1.82) is 0 Å². The van der Waals surface area contributed by atoms with Crippen LogP contribution >= 0.6 is 0 Å². The van der Waals surface area contributed by atoms with Crippen LogP contribution in [0.2, 0.25) is 0 Å². The average Bonchev–Trinajstić information content (AvgIpc) is 2.54. The van der Waals surface area contributed by atoms with Crippen LogP contribution in [0.5, 0.6) is 0 Å². The molecule has 2 unspecified atom stereocenters. The molecule has 1 saturated heterocycles. The molecule has 1 aliphatic rings. The predicted octanol–water partition coefficient (Wildman–Crippen LogP) is 0.265. The second-order valence-corrected chi connectivity index (χ2v) is 4.56. The van der Waals surface area contributed by atoms with E-state index in [2.05, 4.69) is 5.32 Å². The van der Waals surface area contributed by atoms with Crippen LogP contribution in [0.4, 0.5) is 0 Å². The van der Waals surface area contributed by atoms with Crippen molar-refractivity contribution in [2.24, 2.45) is 11.7 Å². The number of ether oxygens (including phenoxy) is 1. The minimum absolute atomic E-state index is 0.00743. The van der Waals surface area contributed by atoms with Gasteiger partial charge in [-0.15, -0.1) is 0 Å². The number of nitrogens with two attached hydrogens (primary N) is 1. The molecule has 82 valence electrons. The lowest BCUT2D eigenvalue weighted by atomic mass is 9.95. The molecular formula is C10H20N2O2. The van der Waals surface area contributed by atoms with Crippen LogP contribution in [-0.4, -0.2) is 30.7 Å². The molecule has 0 aromatic rings. The van der Waals surface area contributed by atoms with E-state index in [4.69, 9.17) is 10.5 Å². The van der Waals surface area contributed by atoms with E-state index in [1.54, 1.807) is 0 Å². The van der Waals surface area contributed by atoms with Crippen molar-refractivity contribution in [3.8, 4) is 0 Å². The van der Waals surface area contributed by atoms with Crippen LogP contribution in [-0.2, 0) is 9.53 Å². The van der Waals surface area contributed by atoms with Gasteiger partial charge >= 0.3 is 0 Å². The van der Waals surface area contributed by atoms with Crippen LogP contribution in [0, 0.1) is 5.92 Å². The Balaban J connectivity index is 2.46. The van der Waals surface area contributed by atoms with Crippen LogP contribution in [0.3, 0.4) is 0 Å². The molecule has 1 fully saturated rings. The standard InChI is InChI=1S/C10H20N2O2/c1-7(11)10(2,3)12-9(13)8-4-5-14-6-8/h7-8H,4-6,11H2,1-3H3,(H,12,13). The molecule has 1 heterocycles. The summed E-state index contributed by atoms with van der Waals surface area (Å²) in [6.07, 6.45) is 0.820. The number of carbonyl (C=O) groups is 1. The van der Waals surface area contributed by atoms with E-state index < -0.39 is 0 Å². The minimum atomic E-state index is -0.348.